The highest BCUT2D eigenvalue weighted by Gasteiger charge is 2.30. The van der Waals surface area contributed by atoms with Crippen LogP contribution in [0.4, 0.5) is 22.7 Å². The van der Waals surface area contributed by atoms with Crippen molar-refractivity contribution in [2.24, 2.45) is 0 Å². The second-order valence-electron chi connectivity index (χ2n) is 10.7. The number of benzene rings is 5. The fraction of sp³-hybridized carbons (Fsp3) is 0.111. The monoisotopic (exact) mass is 520 g/mol. The lowest BCUT2D eigenvalue weighted by atomic mass is 9.89. The fourth-order valence-corrected chi connectivity index (χ4v) is 5.78. The average molecular weight is 521 g/mol. The maximum Gasteiger partial charge on any atom is 0.0758 e. The Bertz CT molecular complexity index is 1710. The lowest BCUT2D eigenvalue weighted by Crippen LogP contribution is -2.30. The summed E-state index contributed by atoms with van der Waals surface area (Å²) in [5.74, 6) is 0. The Balaban J connectivity index is 1.27. The fourth-order valence-electron chi connectivity index (χ4n) is 5.78. The van der Waals surface area contributed by atoms with E-state index in [0.29, 0.717) is 0 Å². The molecule has 2 unspecified atom stereocenters. The first-order valence-electron chi connectivity index (χ1n) is 13.9. The zero-order chi connectivity index (χ0) is 27.1. The molecule has 7 rings (SSSR count). The lowest BCUT2D eigenvalue weighted by molar-refractivity contribution is 0.636. The SMILES string of the molecule is Cc1ccc2c(c1)NC(c1ccccc1)=C(c1ccc(C3Nc4ccc(C)cc4NC3c3ccccc3)cc1)N2. The first-order valence-corrected chi connectivity index (χ1v) is 13.9. The predicted molar refractivity (Wildman–Crippen MR) is 168 cm³/mol. The van der Waals surface area contributed by atoms with E-state index in [4.69, 9.17) is 0 Å². The van der Waals surface area contributed by atoms with E-state index in [1.807, 2.05) is 0 Å². The van der Waals surface area contributed by atoms with E-state index in [9.17, 15) is 0 Å². The van der Waals surface area contributed by atoms with Gasteiger partial charge in [0.15, 0.2) is 0 Å². The molecule has 40 heavy (non-hydrogen) atoms. The van der Waals surface area contributed by atoms with Gasteiger partial charge in [-0.15, -0.1) is 0 Å². The van der Waals surface area contributed by atoms with Crippen LogP contribution >= 0.6 is 0 Å². The van der Waals surface area contributed by atoms with Gasteiger partial charge in [-0.25, -0.2) is 0 Å². The van der Waals surface area contributed by atoms with Crippen LogP contribution in [-0.4, -0.2) is 0 Å². The number of hydrogen-bond acceptors (Lipinski definition) is 4. The van der Waals surface area contributed by atoms with Crippen LogP contribution in [0.25, 0.3) is 11.4 Å². The molecule has 2 heterocycles. The molecule has 0 saturated carbocycles. The third-order valence-electron chi connectivity index (χ3n) is 7.85. The number of nitrogens with one attached hydrogen (secondary N) is 4. The van der Waals surface area contributed by atoms with Crippen LogP contribution in [0, 0.1) is 13.8 Å². The molecule has 4 heteroatoms. The summed E-state index contributed by atoms with van der Waals surface area (Å²) in [5.41, 5.74) is 13.9. The smallest absolute Gasteiger partial charge is 0.0758 e. The maximum absolute atomic E-state index is 3.84. The van der Waals surface area contributed by atoms with Gasteiger partial charge in [0.05, 0.1) is 46.2 Å². The minimum Gasteiger partial charge on any atom is -0.374 e. The summed E-state index contributed by atoms with van der Waals surface area (Å²) >= 11 is 0. The minimum atomic E-state index is 0.0790. The topological polar surface area (TPSA) is 48.1 Å². The minimum absolute atomic E-state index is 0.0790. The summed E-state index contributed by atoms with van der Waals surface area (Å²) in [4.78, 5) is 0. The Hall–Kier alpha value is -4.96. The third-order valence-corrected chi connectivity index (χ3v) is 7.85. The lowest BCUT2D eigenvalue weighted by Gasteiger charge is -2.37. The molecule has 0 bridgehead atoms. The number of hydrogen-bond donors (Lipinski definition) is 4. The van der Waals surface area contributed by atoms with Gasteiger partial charge in [-0.1, -0.05) is 97.1 Å². The van der Waals surface area contributed by atoms with Crippen molar-refractivity contribution in [1.82, 2.24) is 0 Å². The Kier molecular flexibility index (Phi) is 6.01. The van der Waals surface area contributed by atoms with Gasteiger partial charge in [0, 0.05) is 11.1 Å². The third kappa shape index (κ3) is 4.48. The van der Waals surface area contributed by atoms with Gasteiger partial charge in [0.1, 0.15) is 0 Å². The van der Waals surface area contributed by atoms with Crippen LogP contribution in [0.2, 0.25) is 0 Å². The van der Waals surface area contributed by atoms with Gasteiger partial charge in [-0.2, -0.15) is 0 Å². The zero-order valence-corrected chi connectivity index (χ0v) is 22.7. The maximum atomic E-state index is 3.84. The van der Waals surface area contributed by atoms with Crippen molar-refractivity contribution in [2.45, 2.75) is 25.9 Å². The summed E-state index contributed by atoms with van der Waals surface area (Å²) < 4.78 is 0. The predicted octanol–water partition coefficient (Wildman–Crippen LogP) is 8.99. The number of fused-ring (bicyclic) bond motifs is 2. The highest BCUT2D eigenvalue weighted by Crippen LogP contribution is 2.43. The van der Waals surface area contributed by atoms with Crippen molar-refractivity contribution in [2.75, 3.05) is 21.3 Å². The molecule has 196 valence electrons. The Labute approximate surface area is 235 Å². The first kappa shape index (κ1) is 24.1. The molecule has 0 fully saturated rings. The number of aryl methyl sites for hydroxylation is 2. The number of rotatable bonds is 4. The standard InChI is InChI=1S/C36H32N4/c1-23-13-19-29-31(21-23)39-33(25-9-5-3-6-10-25)35(37-29)27-15-17-28(18-16-27)36-34(26-11-7-4-8-12-26)40-32-22-24(2)14-20-30(32)38-36/h3-22,33,35,37-40H,1-2H3. The summed E-state index contributed by atoms with van der Waals surface area (Å²) in [7, 11) is 0. The van der Waals surface area contributed by atoms with Crippen LogP contribution in [0.3, 0.4) is 0 Å². The molecular formula is C36H32N4. The number of anilines is 4. The highest BCUT2D eigenvalue weighted by atomic mass is 15.1. The second-order valence-corrected chi connectivity index (χ2v) is 10.7. The van der Waals surface area contributed by atoms with Crippen LogP contribution in [-0.2, 0) is 0 Å². The zero-order valence-electron chi connectivity index (χ0n) is 22.7. The van der Waals surface area contributed by atoms with Crippen LogP contribution < -0.4 is 21.3 Å². The molecule has 5 aromatic rings. The molecule has 4 nitrogen and oxygen atoms in total. The largest absolute Gasteiger partial charge is 0.374 e. The van der Waals surface area contributed by atoms with Crippen molar-refractivity contribution in [3.63, 3.8) is 0 Å². The molecule has 5 aromatic carbocycles. The van der Waals surface area contributed by atoms with E-state index < -0.39 is 0 Å². The molecule has 0 saturated heterocycles. The van der Waals surface area contributed by atoms with Gasteiger partial charge in [-0.3, -0.25) is 0 Å². The molecule has 0 spiro atoms. The van der Waals surface area contributed by atoms with Crippen molar-refractivity contribution in [3.8, 4) is 0 Å². The van der Waals surface area contributed by atoms with Crippen molar-refractivity contribution in [1.29, 1.82) is 0 Å². The van der Waals surface area contributed by atoms with Crippen molar-refractivity contribution in [3.05, 3.63) is 155 Å². The van der Waals surface area contributed by atoms with Crippen molar-refractivity contribution < 1.29 is 0 Å². The molecule has 0 amide bonds. The van der Waals surface area contributed by atoms with E-state index in [-0.39, 0.29) is 12.1 Å². The quantitative estimate of drug-likeness (QED) is 0.191. The highest BCUT2D eigenvalue weighted by molar-refractivity contribution is 6.05. The van der Waals surface area contributed by atoms with Gasteiger partial charge in [0.2, 0.25) is 0 Å². The second kappa shape index (κ2) is 9.97. The van der Waals surface area contributed by atoms with E-state index in [1.54, 1.807) is 0 Å². The van der Waals surface area contributed by atoms with Crippen LogP contribution in [0.5, 0.6) is 0 Å². The Morgan fingerprint density at radius 3 is 1.60 bits per heavy atom. The molecular weight excluding hydrogens is 488 g/mol. The van der Waals surface area contributed by atoms with Gasteiger partial charge < -0.3 is 21.3 Å². The van der Waals surface area contributed by atoms with E-state index in [0.717, 1.165) is 45.3 Å². The first-order chi connectivity index (χ1) is 19.6. The normalized spacial score (nSPS) is 17.4. The molecule has 2 aliphatic rings. The molecule has 0 aromatic heterocycles. The summed E-state index contributed by atoms with van der Waals surface area (Å²) in [6.07, 6.45) is 0. The van der Waals surface area contributed by atoms with Crippen molar-refractivity contribution >= 4 is 34.1 Å². The van der Waals surface area contributed by atoms with E-state index >= 15 is 0 Å². The van der Waals surface area contributed by atoms with Crippen LogP contribution in [0.1, 0.15) is 45.5 Å². The average Bonchev–Trinajstić information content (AvgIpc) is 3.00. The summed E-state index contributed by atoms with van der Waals surface area (Å²) in [5, 5.41) is 15.1. The Morgan fingerprint density at radius 2 is 0.925 bits per heavy atom. The van der Waals surface area contributed by atoms with E-state index in [2.05, 4.69) is 156 Å². The molecule has 0 aliphatic carbocycles. The Morgan fingerprint density at radius 1 is 0.425 bits per heavy atom. The molecule has 0 radical (unpaired) electrons. The summed E-state index contributed by atoms with van der Waals surface area (Å²) in [6.45, 7) is 4.26. The molecule has 4 N–H and O–H groups in total. The van der Waals surface area contributed by atoms with Gasteiger partial charge in [-0.05, 0) is 60.4 Å². The van der Waals surface area contributed by atoms with Gasteiger partial charge in [0.25, 0.3) is 0 Å². The molecule has 2 atom stereocenters. The van der Waals surface area contributed by atoms with Crippen LogP contribution in [0.15, 0.2) is 121 Å². The van der Waals surface area contributed by atoms with E-state index in [1.165, 1.54) is 22.3 Å². The molecule has 2 aliphatic heterocycles. The van der Waals surface area contributed by atoms with Gasteiger partial charge >= 0.3 is 0 Å². The summed E-state index contributed by atoms with van der Waals surface area (Å²) in [6, 6.07) is 43.4.